The maximum atomic E-state index is 11.4. The van der Waals surface area contributed by atoms with Crippen LogP contribution in [0.1, 0.15) is 11.6 Å². The second-order valence-corrected chi connectivity index (χ2v) is 3.38. The molecular weight excluding hydrogens is 206 g/mol. The van der Waals surface area contributed by atoms with Crippen LogP contribution in [0.3, 0.4) is 0 Å². The molecular formula is C11H15N3O2. The minimum absolute atomic E-state index is 0.0478. The molecule has 1 rings (SSSR count). The second kappa shape index (κ2) is 5.99. The minimum atomic E-state index is -0.786. The average Bonchev–Trinajstić information content (AvgIpc) is 2.35. The summed E-state index contributed by atoms with van der Waals surface area (Å²) >= 11 is 0. The van der Waals surface area contributed by atoms with Gasteiger partial charge in [0.15, 0.2) is 0 Å². The molecule has 86 valence electrons. The molecule has 0 bridgehead atoms. The van der Waals surface area contributed by atoms with Gasteiger partial charge in [-0.1, -0.05) is 30.3 Å². The highest BCUT2D eigenvalue weighted by Crippen LogP contribution is 2.09. The van der Waals surface area contributed by atoms with Gasteiger partial charge < -0.3 is 21.6 Å². The largest absolute Gasteiger partial charge is 0.341 e. The summed E-state index contributed by atoms with van der Waals surface area (Å²) in [6.07, 6.45) is 0.663. The summed E-state index contributed by atoms with van der Waals surface area (Å²) in [5.41, 5.74) is 11.4. The molecule has 0 spiro atoms. The lowest BCUT2D eigenvalue weighted by atomic mass is 10.1. The molecule has 5 N–H and O–H groups in total. The van der Waals surface area contributed by atoms with Crippen LogP contribution in [0.15, 0.2) is 30.3 Å². The number of benzene rings is 1. The molecule has 0 heterocycles. The summed E-state index contributed by atoms with van der Waals surface area (Å²) in [7, 11) is 0. The third kappa shape index (κ3) is 3.15. The highest BCUT2D eigenvalue weighted by Gasteiger charge is 2.17. The van der Waals surface area contributed by atoms with Crippen LogP contribution in [-0.2, 0) is 9.59 Å². The van der Waals surface area contributed by atoms with Crippen molar-refractivity contribution in [1.29, 1.82) is 0 Å². The molecule has 0 aromatic heterocycles. The number of carbonyl (C=O) groups excluding carboxylic acids is 2. The third-order valence-corrected chi connectivity index (χ3v) is 2.18. The molecule has 16 heavy (non-hydrogen) atoms. The maximum Gasteiger partial charge on any atom is 0.239 e. The maximum absolute atomic E-state index is 11.4. The molecule has 0 aliphatic rings. The number of carbonyl (C=O) groups is 2. The van der Waals surface area contributed by atoms with Crippen LogP contribution >= 0.6 is 0 Å². The topological polar surface area (TPSA) is 98.2 Å². The van der Waals surface area contributed by atoms with E-state index in [1.54, 1.807) is 24.3 Å². The molecule has 0 fully saturated rings. The Morgan fingerprint density at radius 3 is 2.50 bits per heavy atom. The van der Waals surface area contributed by atoms with E-state index < -0.39 is 18.0 Å². The normalized spacial score (nSPS) is 13.9. The van der Waals surface area contributed by atoms with E-state index in [0.29, 0.717) is 6.29 Å². The number of nitrogens with one attached hydrogen (secondary N) is 1. The molecule has 0 saturated heterocycles. The van der Waals surface area contributed by atoms with Crippen molar-refractivity contribution in [2.75, 3.05) is 6.54 Å². The quantitative estimate of drug-likeness (QED) is 0.574. The van der Waals surface area contributed by atoms with E-state index in [0.717, 1.165) is 5.56 Å². The monoisotopic (exact) mass is 221 g/mol. The first-order chi connectivity index (χ1) is 7.69. The lowest BCUT2D eigenvalue weighted by molar-refractivity contribution is -0.125. The van der Waals surface area contributed by atoms with Crippen LogP contribution in [0, 0.1) is 0 Å². The molecule has 0 aliphatic carbocycles. The Hall–Kier alpha value is -1.72. The van der Waals surface area contributed by atoms with Crippen LogP contribution in [0.25, 0.3) is 0 Å². The standard InChI is InChI=1S/C11H15N3O2/c12-6-9(13)11(16)14-10(7-15)8-4-2-1-3-5-8/h1-5,7,9-10H,6,12-13H2,(H,14,16). The first kappa shape index (κ1) is 12.4. The number of hydrogen-bond acceptors (Lipinski definition) is 4. The predicted octanol–water partition coefficient (Wildman–Crippen LogP) is -0.671. The molecule has 0 radical (unpaired) electrons. The van der Waals surface area contributed by atoms with Crippen LogP contribution in [-0.4, -0.2) is 24.8 Å². The molecule has 0 saturated carbocycles. The van der Waals surface area contributed by atoms with Crippen molar-refractivity contribution < 1.29 is 9.59 Å². The molecule has 1 amide bonds. The summed E-state index contributed by atoms with van der Waals surface area (Å²) in [5.74, 6) is -0.427. The number of hydrogen-bond donors (Lipinski definition) is 3. The van der Waals surface area contributed by atoms with Crippen molar-refractivity contribution in [3.63, 3.8) is 0 Å². The number of amides is 1. The summed E-state index contributed by atoms with van der Waals surface area (Å²) in [5, 5.41) is 2.52. The van der Waals surface area contributed by atoms with Crippen LogP contribution < -0.4 is 16.8 Å². The van der Waals surface area contributed by atoms with E-state index in [4.69, 9.17) is 11.5 Å². The van der Waals surface area contributed by atoms with Gasteiger partial charge in [0, 0.05) is 6.54 Å². The van der Waals surface area contributed by atoms with E-state index in [2.05, 4.69) is 5.32 Å². The van der Waals surface area contributed by atoms with Crippen LogP contribution in [0.2, 0.25) is 0 Å². The highest BCUT2D eigenvalue weighted by molar-refractivity contribution is 5.84. The third-order valence-electron chi connectivity index (χ3n) is 2.18. The summed E-state index contributed by atoms with van der Waals surface area (Å²) in [4.78, 5) is 22.3. The average molecular weight is 221 g/mol. The van der Waals surface area contributed by atoms with Crippen molar-refractivity contribution in [2.45, 2.75) is 12.1 Å². The van der Waals surface area contributed by atoms with E-state index in [1.165, 1.54) is 0 Å². The second-order valence-electron chi connectivity index (χ2n) is 3.38. The molecule has 0 aliphatic heterocycles. The van der Waals surface area contributed by atoms with E-state index in [9.17, 15) is 9.59 Å². The van der Waals surface area contributed by atoms with Crippen molar-refractivity contribution in [2.24, 2.45) is 11.5 Å². The lowest BCUT2D eigenvalue weighted by Gasteiger charge is -2.15. The van der Waals surface area contributed by atoms with Crippen molar-refractivity contribution in [3.05, 3.63) is 35.9 Å². The van der Waals surface area contributed by atoms with E-state index in [1.807, 2.05) is 6.07 Å². The predicted molar refractivity (Wildman–Crippen MR) is 60.4 cm³/mol. The van der Waals surface area contributed by atoms with Gasteiger partial charge in [0.05, 0.1) is 6.04 Å². The molecule has 2 atom stereocenters. The van der Waals surface area contributed by atoms with Gasteiger partial charge in [0.25, 0.3) is 0 Å². The van der Waals surface area contributed by atoms with Crippen LogP contribution in [0.5, 0.6) is 0 Å². The summed E-state index contributed by atoms with van der Waals surface area (Å²) in [6, 6.07) is 7.47. The molecule has 5 nitrogen and oxygen atoms in total. The zero-order valence-corrected chi connectivity index (χ0v) is 8.80. The van der Waals surface area contributed by atoms with E-state index in [-0.39, 0.29) is 6.54 Å². The Labute approximate surface area is 93.8 Å². The minimum Gasteiger partial charge on any atom is -0.341 e. The van der Waals surface area contributed by atoms with Crippen LogP contribution in [0.4, 0.5) is 0 Å². The Balaban J connectivity index is 2.70. The highest BCUT2D eigenvalue weighted by atomic mass is 16.2. The zero-order chi connectivity index (χ0) is 12.0. The van der Waals surface area contributed by atoms with Gasteiger partial charge in [0.2, 0.25) is 5.91 Å². The molecule has 1 aromatic rings. The number of rotatable bonds is 5. The Morgan fingerprint density at radius 2 is 2.00 bits per heavy atom. The van der Waals surface area contributed by atoms with Gasteiger partial charge in [-0.15, -0.1) is 0 Å². The van der Waals surface area contributed by atoms with Crippen molar-refractivity contribution >= 4 is 12.2 Å². The summed E-state index contributed by atoms with van der Waals surface area (Å²) < 4.78 is 0. The molecule has 1 aromatic carbocycles. The Kier molecular flexibility index (Phi) is 4.63. The fourth-order valence-electron chi connectivity index (χ4n) is 1.22. The number of nitrogens with two attached hydrogens (primary N) is 2. The fraction of sp³-hybridized carbons (Fsp3) is 0.273. The zero-order valence-electron chi connectivity index (χ0n) is 8.80. The van der Waals surface area contributed by atoms with Gasteiger partial charge in [-0.3, -0.25) is 4.79 Å². The van der Waals surface area contributed by atoms with E-state index >= 15 is 0 Å². The smallest absolute Gasteiger partial charge is 0.239 e. The van der Waals surface area contributed by atoms with Gasteiger partial charge in [-0.25, -0.2) is 0 Å². The van der Waals surface area contributed by atoms with Crippen molar-refractivity contribution in [3.8, 4) is 0 Å². The Bertz CT molecular complexity index is 354. The Morgan fingerprint density at radius 1 is 1.38 bits per heavy atom. The summed E-state index contributed by atoms with van der Waals surface area (Å²) in [6.45, 7) is 0.0478. The van der Waals surface area contributed by atoms with Crippen molar-refractivity contribution in [1.82, 2.24) is 5.32 Å². The SMILES string of the molecule is NCC(N)C(=O)NC(C=O)c1ccccc1. The molecule has 5 heteroatoms. The van der Waals surface area contributed by atoms with Gasteiger partial charge in [0.1, 0.15) is 12.3 Å². The number of aldehydes is 1. The van der Waals surface area contributed by atoms with Gasteiger partial charge in [-0.05, 0) is 5.56 Å². The first-order valence-electron chi connectivity index (χ1n) is 4.95. The van der Waals surface area contributed by atoms with Gasteiger partial charge >= 0.3 is 0 Å². The fourth-order valence-corrected chi connectivity index (χ4v) is 1.22. The van der Waals surface area contributed by atoms with Gasteiger partial charge in [-0.2, -0.15) is 0 Å². The first-order valence-corrected chi connectivity index (χ1v) is 4.95. The molecule has 2 unspecified atom stereocenters. The lowest BCUT2D eigenvalue weighted by Crippen LogP contribution is -2.46.